The third-order valence-corrected chi connectivity index (χ3v) is 3.91. The monoisotopic (exact) mass is 337 g/mol. The molecule has 1 N–H and O–H groups in total. The third kappa shape index (κ3) is 2.99. The van der Waals surface area contributed by atoms with E-state index in [2.05, 4.69) is 21.2 Å². The van der Waals surface area contributed by atoms with Gasteiger partial charge in [-0.25, -0.2) is 4.39 Å². The number of amides is 1. The fourth-order valence-electron chi connectivity index (χ4n) is 1.74. The van der Waals surface area contributed by atoms with E-state index in [0.717, 1.165) is 10.0 Å². The van der Waals surface area contributed by atoms with E-state index in [1.807, 2.05) is 19.1 Å². The van der Waals surface area contributed by atoms with Crippen LogP contribution in [0.25, 0.3) is 0 Å². The molecule has 0 unspecified atom stereocenters. The predicted molar refractivity (Wildman–Crippen MR) is 79.8 cm³/mol. The number of aryl methyl sites for hydroxylation is 1. The summed E-state index contributed by atoms with van der Waals surface area (Å²) in [6.45, 7) is 1.91. The molecule has 3 nitrogen and oxygen atoms in total. The van der Waals surface area contributed by atoms with Crippen LogP contribution in [0.5, 0.6) is 5.75 Å². The third-order valence-electron chi connectivity index (χ3n) is 2.86. The highest BCUT2D eigenvalue weighted by Crippen LogP contribution is 2.26. The molecule has 20 heavy (non-hydrogen) atoms. The molecule has 0 bridgehead atoms. The van der Waals surface area contributed by atoms with Crippen molar-refractivity contribution in [3.63, 3.8) is 0 Å². The van der Waals surface area contributed by atoms with Gasteiger partial charge in [-0.05, 0) is 46.6 Å². The molecular weight excluding hydrogens is 325 g/mol. The molecule has 0 heterocycles. The van der Waals surface area contributed by atoms with Crippen LogP contribution in [0.3, 0.4) is 0 Å². The van der Waals surface area contributed by atoms with E-state index in [9.17, 15) is 9.18 Å². The van der Waals surface area contributed by atoms with E-state index in [1.54, 1.807) is 12.1 Å². The van der Waals surface area contributed by atoms with Crippen LogP contribution in [0, 0.1) is 12.7 Å². The van der Waals surface area contributed by atoms with Crippen molar-refractivity contribution in [1.29, 1.82) is 0 Å². The Kier molecular flexibility index (Phi) is 4.39. The van der Waals surface area contributed by atoms with Gasteiger partial charge in [-0.15, -0.1) is 0 Å². The minimum atomic E-state index is -0.620. The van der Waals surface area contributed by atoms with Crippen LogP contribution >= 0.6 is 15.9 Å². The second-order valence-electron chi connectivity index (χ2n) is 4.24. The normalized spacial score (nSPS) is 10.2. The SMILES string of the molecule is COc1ccc(C(=O)Nc2cccc(C)c2Br)c(F)c1. The average Bonchev–Trinajstić information content (AvgIpc) is 2.43. The van der Waals surface area contributed by atoms with Crippen LogP contribution in [0.1, 0.15) is 15.9 Å². The van der Waals surface area contributed by atoms with Gasteiger partial charge in [0.2, 0.25) is 0 Å². The molecule has 2 aromatic rings. The van der Waals surface area contributed by atoms with Crippen molar-refractivity contribution in [1.82, 2.24) is 0 Å². The zero-order valence-electron chi connectivity index (χ0n) is 11.0. The number of halogens is 2. The van der Waals surface area contributed by atoms with E-state index in [4.69, 9.17) is 4.74 Å². The molecule has 0 saturated carbocycles. The van der Waals surface area contributed by atoms with Crippen LogP contribution in [0.2, 0.25) is 0 Å². The Hall–Kier alpha value is -1.88. The Morgan fingerprint density at radius 2 is 2.05 bits per heavy atom. The number of nitrogens with one attached hydrogen (secondary N) is 1. The molecular formula is C15H13BrFNO2. The van der Waals surface area contributed by atoms with Gasteiger partial charge >= 0.3 is 0 Å². The van der Waals surface area contributed by atoms with Gasteiger partial charge in [0.1, 0.15) is 11.6 Å². The molecule has 0 saturated heterocycles. The number of anilines is 1. The molecule has 1 amide bonds. The molecule has 0 aliphatic rings. The highest BCUT2D eigenvalue weighted by atomic mass is 79.9. The number of methoxy groups -OCH3 is 1. The molecule has 0 aliphatic carbocycles. The fraction of sp³-hybridized carbons (Fsp3) is 0.133. The van der Waals surface area contributed by atoms with Crippen LogP contribution in [0.4, 0.5) is 10.1 Å². The Bertz CT molecular complexity index is 658. The lowest BCUT2D eigenvalue weighted by Gasteiger charge is -2.10. The average molecular weight is 338 g/mol. The maximum Gasteiger partial charge on any atom is 0.258 e. The van der Waals surface area contributed by atoms with Crippen molar-refractivity contribution in [2.75, 3.05) is 12.4 Å². The summed E-state index contributed by atoms with van der Waals surface area (Å²) in [6, 6.07) is 9.60. The number of benzene rings is 2. The summed E-state index contributed by atoms with van der Waals surface area (Å²) >= 11 is 3.39. The van der Waals surface area contributed by atoms with Gasteiger partial charge in [0, 0.05) is 10.5 Å². The van der Waals surface area contributed by atoms with Crippen LogP contribution in [0.15, 0.2) is 40.9 Å². The summed E-state index contributed by atoms with van der Waals surface area (Å²) in [6.07, 6.45) is 0. The van der Waals surface area contributed by atoms with Crippen molar-refractivity contribution in [2.45, 2.75) is 6.92 Å². The smallest absolute Gasteiger partial charge is 0.258 e. The summed E-state index contributed by atoms with van der Waals surface area (Å²) in [5.74, 6) is -0.752. The number of hydrogen-bond donors (Lipinski definition) is 1. The van der Waals surface area contributed by atoms with E-state index in [-0.39, 0.29) is 5.56 Å². The minimum Gasteiger partial charge on any atom is -0.497 e. The first-order chi connectivity index (χ1) is 9.52. The van der Waals surface area contributed by atoms with Crippen molar-refractivity contribution < 1.29 is 13.9 Å². The molecule has 0 spiro atoms. The lowest BCUT2D eigenvalue weighted by atomic mass is 10.1. The van der Waals surface area contributed by atoms with Crippen molar-refractivity contribution in [3.05, 3.63) is 57.8 Å². The van der Waals surface area contributed by atoms with Crippen LogP contribution < -0.4 is 10.1 Å². The lowest BCUT2D eigenvalue weighted by molar-refractivity contribution is 0.102. The fourth-order valence-corrected chi connectivity index (χ4v) is 2.10. The zero-order valence-corrected chi connectivity index (χ0v) is 12.6. The maximum atomic E-state index is 13.8. The Balaban J connectivity index is 2.26. The minimum absolute atomic E-state index is 0.0285. The first-order valence-corrected chi connectivity index (χ1v) is 6.72. The summed E-state index contributed by atoms with van der Waals surface area (Å²) in [5, 5.41) is 2.68. The van der Waals surface area contributed by atoms with Gasteiger partial charge in [-0.1, -0.05) is 12.1 Å². The van der Waals surface area contributed by atoms with Gasteiger partial charge in [-0.2, -0.15) is 0 Å². The Labute approximate surface area is 124 Å². The summed E-state index contributed by atoms with van der Waals surface area (Å²) in [5.41, 5.74) is 1.56. The number of carbonyl (C=O) groups is 1. The van der Waals surface area contributed by atoms with Crippen LogP contribution in [-0.2, 0) is 0 Å². The number of carbonyl (C=O) groups excluding carboxylic acids is 1. The quantitative estimate of drug-likeness (QED) is 0.913. The number of rotatable bonds is 3. The first kappa shape index (κ1) is 14.5. The molecule has 0 fully saturated rings. The van der Waals surface area contributed by atoms with Gasteiger partial charge in [0.25, 0.3) is 5.91 Å². The molecule has 5 heteroatoms. The van der Waals surface area contributed by atoms with Crippen molar-refractivity contribution >= 4 is 27.5 Å². The van der Waals surface area contributed by atoms with E-state index < -0.39 is 11.7 Å². The topological polar surface area (TPSA) is 38.3 Å². The highest BCUT2D eigenvalue weighted by Gasteiger charge is 2.14. The summed E-state index contributed by atoms with van der Waals surface area (Å²) in [7, 11) is 1.44. The van der Waals surface area contributed by atoms with E-state index in [1.165, 1.54) is 19.2 Å². The second kappa shape index (κ2) is 6.05. The zero-order chi connectivity index (χ0) is 14.7. The maximum absolute atomic E-state index is 13.8. The Morgan fingerprint density at radius 3 is 2.70 bits per heavy atom. The van der Waals surface area contributed by atoms with Gasteiger partial charge in [0.05, 0.1) is 18.4 Å². The standard InChI is InChI=1S/C15H13BrFNO2/c1-9-4-3-5-13(14(9)16)18-15(19)11-7-6-10(20-2)8-12(11)17/h3-8H,1-2H3,(H,18,19). The molecule has 104 valence electrons. The largest absolute Gasteiger partial charge is 0.497 e. The molecule has 0 atom stereocenters. The highest BCUT2D eigenvalue weighted by molar-refractivity contribution is 9.10. The van der Waals surface area contributed by atoms with Gasteiger partial charge in [-0.3, -0.25) is 4.79 Å². The molecule has 0 aliphatic heterocycles. The molecule has 0 aromatic heterocycles. The summed E-state index contributed by atoms with van der Waals surface area (Å²) < 4.78 is 19.5. The predicted octanol–water partition coefficient (Wildman–Crippen LogP) is 4.16. The van der Waals surface area contributed by atoms with Gasteiger partial charge < -0.3 is 10.1 Å². The summed E-state index contributed by atoms with van der Waals surface area (Å²) in [4.78, 5) is 12.1. The van der Waals surface area contributed by atoms with Crippen molar-refractivity contribution in [3.8, 4) is 5.75 Å². The van der Waals surface area contributed by atoms with Gasteiger partial charge in [0.15, 0.2) is 0 Å². The number of hydrogen-bond acceptors (Lipinski definition) is 2. The second-order valence-corrected chi connectivity index (χ2v) is 5.03. The van der Waals surface area contributed by atoms with E-state index in [0.29, 0.717) is 11.4 Å². The van der Waals surface area contributed by atoms with E-state index >= 15 is 0 Å². The molecule has 2 aromatic carbocycles. The molecule has 0 radical (unpaired) electrons. The van der Waals surface area contributed by atoms with Crippen molar-refractivity contribution in [2.24, 2.45) is 0 Å². The molecule has 2 rings (SSSR count). The van der Waals surface area contributed by atoms with Crippen LogP contribution in [-0.4, -0.2) is 13.0 Å². The lowest BCUT2D eigenvalue weighted by Crippen LogP contribution is -2.14. The first-order valence-electron chi connectivity index (χ1n) is 5.93. The number of ether oxygens (including phenoxy) is 1. The Morgan fingerprint density at radius 1 is 1.30 bits per heavy atom.